The molecule has 2 heterocycles. The summed E-state index contributed by atoms with van der Waals surface area (Å²) < 4.78 is 27.2. The van der Waals surface area contributed by atoms with Crippen LogP contribution in [0.25, 0.3) is 0 Å². The second kappa shape index (κ2) is 4.87. The lowest BCUT2D eigenvalue weighted by Gasteiger charge is -2.23. The highest BCUT2D eigenvalue weighted by atomic mass is 32.2. The number of nitrogens with zero attached hydrogens (tertiary/aromatic N) is 2. The molecule has 19 heavy (non-hydrogen) atoms. The number of aromatic nitrogens is 2. The molecule has 6 nitrogen and oxygen atoms in total. The Morgan fingerprint density at radius 2 is 2.05 bits per heavy atom. The Hall–Kier alpha value is -1.51. The molecule has 0 unspecified atom stereocenters. The molecule has 2 aromatic rings. The Labute approximate surface area is 115 Å². The number of hydrogen-bond acceptors (Lipinski definition) is 6. The molecule has 0 aliphatic carbocycles. The van der Waals surface area contributed by atoms with Crippen LogP contribution < -0.4 is 10.5 Å². The zero-order valence-electron chi connectivity index (χ0n) is 10.5. The highest BCUT2D eigenvalue weighted by Gasteiger charge is 2.30. The predicted molar refractivity (Wildman–Crippen MR) is 74.1 cm³/mol. The van der Waals surface area contributed by atoms with Crippen molar-refractivity contribution in [2.24, 2.45) is 0 Å². The van der Waals surface area contributed by atoms with Crippen LogP contribution in [0, 0.1) is 0 Å². The number of nitrogens with two attached hydrogens (primary N) is 1. The van der Waals surface area contributed by atoms with Gasteiger partial charge in [0.1, 0.15) is 10.8 Å². The number of anilines is 1. The number of hydrogen-bond donors (Lipinski definition) is 2. The van der Waals surface area contributed by atoms with Gasteiger partial charge < -0.3 is 5.73 Å². The summed E-state index contributed by atoms with van der Waals surface area (Å²) in [7, 11) is -3.67. The van der Waals surface area contributed by atoms with Gasteiger partial charge in [-0.3, -0.25) is 0 Å². The molecule has 0 fully saturated rings. The Balaban J connectivity index is 2.32. The van der Waals surface area contributed by atoms with Crippen LogP contribution in [0.4, 0.5) is 5.82 Å². The number of rotatable bonds is 4. The van der Waals surface area contributed by atoms with Crippen molar-refractivity contribution < 1.29 is 8.42 Å². The fraction of sp³-hybridized carbons (Fsp3) is 0.273. The third-order valence-electron chi connectivity index (χ3n) is 2.42. The second-order valence-corrected chi connectivity index (χ2v) is 7.06. The lowest BCUT2D eigenvalue weighted by molar-refractivity contribution is 0.470. The molecule has 102 valence electrons. The van der Waals surface area contributed by atoms with Gasteiger partial charge in [-0.15, -0.1) is 11.3 Å². The number of nitrogens with one attached hydrogen (secondary N) is 1. The van der Waals surface area contributed by atoms with E-state index in [1.165, 1.54) is 29.7 Å². The largest absolute Gasteiger partial charge is 0.384 e. The molecule has 0 saturated heterocycles. The molecule has 0 aliphatic heterocycles. The van der Waals surface area contributed by atoms with Crippen molar-refractivity contribution >= 4 is 27.2 Å². The van der Waals surface area contributed by atoms with Gasteiger partial charge in [-0.25, -0.2) is 18.4 Å². The Bertz CT molecular complexity index is 666. The molecule has 0 atom stereocenters. The van der Waals surface area contributed by atoms with E-state index in [1.54, 1.807) is 25.4 Å². The summed E-state index contributed by atoms with van der Waals surface area (Å²) in [5.74, 6) is 0.162. The first-order chi connectivity index (χ1) is 8.81. The molecule has 0 bridgehead atoms. The summed E-state index contributed by atoms with van der Waals surface area (Å²) in [6.07, 6.45) is 3.00. The third-order valence-corrected chi connectivity index (χ3v) is 5.17. The van der Waals surface area contributed by atoms with Crippen LogP contribution in [0.3, 0.4) is 0 Å². The zero-order valence-corrected chi connectivity index (χ0v) is 12.1. The maximum absolute atomic E-state index is 12.3. The lowest BCUT2D eigenvalue weighted by Crippen LogP contribution is -2.40. The van der Waals surface area contributed by atoms with Crippen molar-refractivity contribution in [1.82, 2.24) is 14.7 Å². The summed E-state index contributed by atoms with van der Waals surface area (Å²) in [6.45, 7) is 3.52. The molecular formula is C11H14N4O2S2. The normalized spacial score (nSPS) is 12.5. The Kier molecular flexibility index (Phi) is 3.57. The van der Waals surface area contributed by atoms with Gasteiger partial charge in [-0.05, 0) is 19.9 Å². The van der Waals surface area contributed by atoms with Crippen LogP contribution in [0.2, 0.25) is 0 Å². The van der Waals surface area contributed by atoms with Crippen molar-refractivity contribution in [3.8, 4) is 0 Å². The minimum atomic E-state index is -3.67. The van der Waals surface area contributed by atoms with E-state index < -0.39 is 15.6 Å². The van der Waals surface area contributed by atoms with Crippen LogP contribution in [0.5, 0.6) is 0 Å². The summed E-state index contributed by atoms with van der Waals surface area (Å²) in [5.41, 5.74) is 4.71. The van der Waals surface area contributed by atoms with Crippen LogP contribution in [-0.2, 0) is 15.6 Å². The topological polar surface area (TPSA) is 98.0 Å². The average molecular weight is 298 g/mol. The highest BCUT2D eigenvalue weighted by molar-refractivity contribution is 7.89. The fourth-order valence-electron chi connectivity index (χ4n) is 1.57. The first-order valence-corrected chi connectivity index (χ1v) is 7.83. The van der Waals surface area contributed by atoms with Gasteiger partial charge in [0.2, 0.25) is 10.0 Å². The first-order valence-electron chi connectivity index (χ1n) is 5.47. The molecule has 0 radical (unpaired) electrons. The Morgan fingerprint density at radius 3 is 2.63 bits per heavy atom. The first kappa shape index (κ1) is 13.9. The molecule has 0 aromatic carbocycles. The van der Waals surface area contributed by atoms with Crippen LogP contribution in [0.15, 0.2) is 34.8 Å². The molecule has 0 aliphatic rings. The van der Waals surface area contributed by atoms with E-state index in [-0.39, 0.29) is 10.7 Å². The van der Waals surface area contributed by atoms with Crippen molar-refractivity contribution in [2.45, 2.75) is 24.3 Å². The molecule has 0 spiro atoms. The summed E-state index contributed by atoms with van der Waals surface area (Å²) in [4.78, 5) is 8.00. The standard InChI is InChI=1S/C11H14N4O2S2/c1-11(2,10-14-5-6-18-10)15-19(16,17)8-3-4-13-9(12)7-8/h3-7,15H,1-2H3,(H2,12,13). The summed E-state index contributed by atoms with van der Waals surface area (Å²) >= 11 is 1.39. The van der Waals surface area contributed by atoms with Gasteiger partial charge in [0.15, 0.2) is 0 Å². The van der Waals surface area contributed by atoms with E-state index in [4.69, 9.17) is 5.73 Å². The molecule has 8 heteroatoms. The van der Waals surface area contributed by atoms with Gasteiger partial charge in [0.05, 0.1) is 10.4 Å². The van der Waals surface area contributed by atoms with E-state index in [9.17, 15) is 8.42 Å². The molecule has 0 saturated carbocycles. The summed E-state index contributed by atoms with van der Waals surface area (Å²) in [5, 5.41) is 2.49. The van der Waals surface area contributed by atoms with E-state index in [1.807, 2.05) is 0 Å². The van der Waals surface area contributed by atoms with E-state index in [0.717, 1.165) is 0 Å². The van der Waals surface area contributed by atoms with Crippen LogP contribution in [0.1, 0.15) is 18.9 Å². The summed E-state index contributed by atoms with van der Waals surface area (Å²) in [6, 6.07) is 2.72. The zero-order chi connectivity index (χ0) is 14.1. The quantitative estimate of drug-likeness (QED) is 0.887. The van der Waals surface area contributed by atoms with Crippen molar-refractivity contribution in [1.29, 1.82) is 0 Å². The number of pyridine rings is 1. The monoisotopic (exact) mass is 298 g/mol. The maximum Gasteiger partial charge on any atom is 0.241 e. The predicted octanol–water partition coefficient (Wildman–Crippen LogP) is 1.33. The molecule has 2 aromatic heterocycles. The fourth-order valence-corrected chi connectivity index (χ4v) is 3.75. The smallest absolute Gasteiger partial charge is 0.241 e. The minimum absolute atomic E-state index is 0.0876. The number of sulfonamides is 1. The molecule has 3 N–H and O–H groups in total. The number of thiazole rings is 1. The molecule has 0 amide bonds. The minimum Gasteiger partial charge on any atom is -0.384 e. The second-order valence-electron chi connectivity index (χ2n) is 4.48. The van der Waals surface area contributed by atoms with Gasteiger partial charge in [0.25, 0.3) is 0 Å². The average Bonchev–Trinajstić information content (AvgIpc) is 2.81. The van der Waals surface area contributed by atoms with Crippen molar-refractivity contribution in [3.63, 3.8) is 0 Å². The SMILES string of the molecule is CC(C)(NS(=O)(=O)c1ccnc(N)c1)c1nccs1. The van der Waals surface area contributed by atoms with Gasteiger partial charge in [-0.2, -0.15) is 4.72 Å². The van der Waals surface area contributed by atoms with Crippen LogP contribution >= 0.6 is 11.3 Å². The van der Waals surface area contributed by atoms with E-state index in [0.29, 0.717) is 5.01 Å². The lowest BCUT2D eigenvalue weighted by atomic mass is 10.1. The van der Waals surface area contributed by atoms with Gasteiger partial charge in [-0.1, -0.05) is 0 Å². The number of nitrogen functional groups attached to an aromatic ring is 1. The third kappa shape index (κ3) is 3.09. The van der Waals surface area contributed by atoms with Crippen molar-refractivity contribution in [2.75, 3.05) is 5.73 Å². The van der Waals surface area contributed by atoms with Crippen molar-refractivity contribution in [3.05, 3.63) is 34.9 Å². The van der Waals surface area contributed by atoms with Gasteiger partial charge >= 0.3 is 0 Å². The maximum atomic E-state index is 12.3. The Morgan fingerprint density at radius 1 is 1.32 bits per heavy atom. The van der Waals surface area contributed by atoms with Gasteiger partial charge in [0, 0.05) is 23.8 Å². The highest BCUT2D eigenvalue weighted by Crippen LogP contribution is 2.24. The van der Waals surface area contributed by atoms with Crippen LogP contribution in [-0.4, -0.2) is 18.4 Å². The molecule has 2 rings (SSSR count). The molecular weight excluding hydrogens is 284 g/mol. The van der Waals surface area contributed by atoms with E-state index >= 15 is 0 Å². The van der Waals surface area contributed by atoms with E-state index in [2.05, 4.69) is 14.7 Å².